The molecule has 3 aliphatic rings. The van der Waals surface area contributed by atoms with Gasteiger partial charge in [0.2, 0.25) is 0 Å². The number of amidine groups is 1. The van der Waals surface area contributed by atoms with Gasteiger partial charge in [0.25, 0.3) is 0 Å². The van der Waals surface area contributed by atoms with Crippen LogP contribution in [0.2, 0.25) is 0 Å². The predicted octanol–water partition coefficient (Wildman–Crippen LogP) is 1.07. The van der Waals surface area contributed by atoms with Crippen molar-refractivity contribution in [2.24, 2.45) is 4.99 Å². The smallest absolute Gasteiger partial charge is 0.323 e. The number of hydrogen-bond donors (Lipinski definition) is 0. The molecule has 8 heteroatoms. The van der Waals surface area contributed by atoms with Crippen LogP contribution in [0.25, 0.3) is 0 Å². The molecule has 2 fully saturated rings. The first-order chi connectivity index (χ1) is 12.2. The molecule has 4 rings (SSSR count). The molecule has 4 heterocycles. The van der Waals surface area contributed by atoms with E-state index in [9.17, 15) is 9.59 Å². The van der Waals surface area contributed by atoms with Gasteiger partial charge in [-0.15, -0.1) is 11.3 Å². The molecule has 1 aromatic heterocycles. The summed E-state index contributed by atoms with van der Waals surface area (Å²) in [6.45, 7) is 2.00. The molecule has 1 aromatic rings. The maximum atomic E-state index is 12.1. The summed E-state index contributed by atoms with van der Waals surface area (Å²) >= 11 is 1.55. The highest BCUT2D eigenvalue weighted by atomic mass is 32.1. The summed E-state index contributed by atoms with van der Waals surface area (Å²) in [7, 11) is 1.44. The Labute approximate surface area is 150 Å². The first-order valence-electron chi connectivity index (χ1n) is 8.45. The highest BCUT2D eigenvalue weighted by Gasteiger charge is 2.43. The third-order valence-electron chi connectivity index (χ3n) is 5.18. The Balaban J connectivity index is 1.62. The fraction of sp³-hybridized carbons (Fsp3) is 0.529. The SMILES string of the molecule is COC(=O)C1CCCN1C1CC2=C(C=O)CN=C(c3nccs3)N2C1. The van der Waals surface area contributed by atoms with Gasteiger partial charge in [-0.1, -0.05) is 0 Å². The molecule has 0 amide bonds. The van der Waals surface area contributed by atoms with Gasteiger partial charge in [0, 0.05) is 41.9 Å². The number of carbonyl (C=O) groups is 2. The first-order valence-corrected chi connectivity index (χ1v) is 9.33. The number of carbonyl (C=O) groups excluding carboxylic acids is 2. The zero-order valence-electron chi connectivity index (χ0n) is 14.1. The number of aldehydes is 1. The highest BCUT2D eigenvalue weighted by Crippen LogP contribution is 2.35. The van der Waals surface area contributed by atoms with Crippen LogP contribution in [-0.4, -0.2) is 71.7 Å². The largest absolute Gasteiger partial charge is 0.468 e. The molecule has 0 saturated carbocycles. The van der Waals surface area contributed by atoms with Gasteiger partial charge in [-0.3, -0.25) is 19.5 Å². The lowest BCUT2D eigenvalue weighted by molar-refractivity contribution is -0.146. The predicted molar refractivity (Wildman–Crippen MR) is 93.5 cm³/mol. The van der Waals surface area contributed by atoms with Crippen LogP contribution in [0.5, 0.6) is 0 Å². The first kappa shape index (κ1) is 16.4. The molecule has 0 bridgehead atoms. The van der Waals surface area contributed by atoms with E-state index in [-0.39, 0.29) is 18.1 Å². The maximum Gasteiger partial charge on any atom is 0.323 e. The van der Waals surface area contributed by atoms with Crippen molar-refractivity contribution in [2.75, 3.05) is 26.7 Å². The minimum atomic E-state index is -0.183. The Morgan fingerprint density at radius 2 is 2.36 bits per heavy atom. The van der Waals surface area contributed by atoms with Gasteiger partial charge in [0.05, 0.1) is 13.7 Å². The molecule has 132 valence electrons. The van der Waals surface area contributed by atoms with E-state index in [1.165, 1.54) is 7.11 Å². The minimum Gasteiger partial charge on any atom is -0.468 e. The quantitative estimate of drug-likeness (QED) is 0.591. The number of aromatic nitrogens is 1. The third kappa shape index (κ3) is 2.79. The van der Waals surface area contributed by atoms with Gasteiger partial charge in [0.1, 0.15) is 12.3 Å². The number of ether oxygens (including phenoxy) is 1. The van der Waals surface area contributed by atoms with Gasteiger partial charge in [-0.2, -0.15) is 0 Å². The van der Waals surface area contributed by atoms with E-state index < -0.39 is 0 Å². The maximum absolute atomic E-state index is 12.1. The van der Waals surface area contributed by atoms with Crippen molar-refractivity contribution in [3.05, 3.63) is 27.9 Å². The molecule has 2 atom stereocenters. The Morgan fingerprint density at radius 3 is 3.08 bits per heavy atom. The Morgan fingerprint density at radius 1 is 1.48 bits per heavy atom. The summed E-state index contributed by atoms with van der Waals surface area (Å²) in [5.74, 6) is 0.674. The number of hydrogen-bond acceptors (Lipinski definition) is 8. The summed E-state index contributed by atoms with van der Waals surface area (Å²) in [5, 5.41) is 2.80. The zero-order chi connectivity index (χ0) is 17.4. The van der Waals surface area contributed by atoms with Crippen molar-refractivity contribution in [2.45, 2.75) is 31.3 Å². The van der Waals surface area contributed by atoms with Crippen molar-refractivity contribution < 1.29 is 14.3 Å². The topological polar surface area (TPSA) is 75.1 Å². The van der Waals surface area contributed by atoms with Crippen LogP contribution in [0.1, 0.15) is 24.3 Å². The molecule has 2 unspecified atom stereocenters. The van der Waals surface area contributed by atoms with Gasteiger partial charge in [-0.05, 0) is 19.4 Å². The number of esters is 1. The molecular formula is C17H20N4O3S. The normalized spacial score (nSPS) is 26.6. The minimum absolute atomic E-state index is 0.166. The number of rotatable bonds is 4. The van der Waals surface area contributed by atoms with Gasteiger partial charge < -0.3 is 9.64 Å². The summed E-state index contributed by atoms with van der Waals surface area (Å²) in [5.41, 5.74) is 1.76. The Hall–Kier alpha value is -2.06. The lowest BCUT2D eigenvalue weighted by atomic mass is 10.1. The summed E-state index contributed by atoms with van der Waals surface area (Å²) in [4.78, 5) is 36.9. The molecule has 7 nitrogen and oxygen atoms in total. The highest BCUT2D eigenvalue weighted by molar-refractivity contribution is 7.11. The van der Waals surface area contributed by atoms with E-state index in [0.717, 1.165) is 60.8 Å². The Kier molecular flexibility index (Phi) is 4.39. The van der Waals surface area contributed by atoms with Crippen molar-refractivity contribution in [3.63, 3.8) is 0 Å². The fourth-order valence-corrected chi connectivity index (χ4v) is 4.69. The second-order valence-electron chi connectivity index (χ2n) is 6.45. The van der Waals surface area contributed by atoms with Crippen molar-refractivity contribution >= 4 is 29.4 Å². The fourth-order valence-electron chi connectivity index (χ4n) is 4.03. The molecule has 3 aliphatic heterocycles. The van der Waals surface area contributed by atoms with E-state index in [1.807, 2.05) is 5.38 Å². The van der Waals surface area contributed by atoms with E-state index in [4.69, 9.17) is 4.74 Å². The van der Waals surface area contributed by atoms with Gasteiger partial charge in [0.15, 0.2) is 10.8 Å². The number of nitrogens with zero attached hydrogens (tertiary/aromatic N) is 4. The lowest BCUT2D eigenvalue weighted by Gasteiger charge is -2.29. The average molecular weight is 360 g/mol. The second kappa shape index (κ2) is 6.68. The molecule has 0 N–H and O–H groups in total. The van der Waals surface area contributed by atoms with Crippen LogP contribution < -0.4 is 0 Å². The van der Waals surface area contributed by atoms with Gasteiger partial charge >= 0.3 is 5.97 Å². The number of methoxy groups -OCH3 is 1. The lowest BCUT2D eigenvalue weighted by Crippen LogP contribution is -2.45. The molecule has 0 spiro atoms. The second-order valence-corrected chi connectivity index (χ2v) is 7.35. The molecule has 2 saturated heterocycles. The number of fused-ring (bicyclic) bond motifs is 1. The van der Waals surface area contributed by atoms with Crippen LogP contribution in [0.3, 0.4) is 0 Å². The number of aliphatic imine (C=N–C) groups is 1. The molecular weight excluding hydrogens is 340 g/mol. The van der Waals surface area contributed by atoms with Crippen LogP contribution in [0, 0.1) is 0 Å². The van der Waals surface area contributed by atoms with Crippen molar-refractivity contribution in [1.82, 2.24) is 14.8 Å². The summed E-state index contributed by atoms with van der Waals surface area (Å²) in [6.07, 6.45) is 5.25. The molecule has 0 radical (unpaired) electrons. The number of likely N-dealkylation sites (tertiary alicyclic amines) is 1. The number of thiazole rings is 1. The van der Waals surface area contributed by atoms with Crippen molar-refractivity contribution in [3.8, 4) is 0 Å². The average Bonchev–Trinajstić information content (AvgIpc) is 3.39. The Bertz CT molecular complexity index is 743. The van der Waals surface area contributed by atoms with E-state index in [0.29, 0.717) is 6.54 Å². The van der Waals surface area contributed by atoms with Gasteiger partial charge in [-0.25, -0.2) is 4.98 Å². The van der Waals surface area contributed by atoms with Crippen LogP contribution in [0.4, 0.5) is 0 Å². The summed E-state index contributed by atoms with van der Waals surface area (Å²) in [6, 6.07) is -0.00306. The zero-order valence-corrected chi connectivity index (χ0v) is 14.9. The van der Waals surface area contributed by atoms with E-state index in [1.54, 1.807) is 17.5 Å². The van der Waals surface area contributed by atoms with Crippen LogP contribution in [-0.2, 0) is 14.3 Å². The molecule has 0 aliphatic carbocycles. The standard InChI is InChI=1S/C17H20N4O3S/c1-24-17(23)13-3-2-5-20(13)12-7-14-11(10-22)8-19-15(21(14)9-12)16-18-4-6-25-16/h4,6,10,12-13H,2-3,5,7-9H2,1H3. The van der Waals surface area contributed by atoms with E-state index >= 15 is 0 Å². The third-order valence-corrected chi connectivity index (χ3v) is 5.95. The molecule has 0 aromatic carbocycles. The summed E-state index contributed by atoms with van der Waals surface area (Å²) < 4.78 is 4.97. The van der Waals surface area contributed by atoms with Crippen LogP contribution in [0.15, 0.2) is 27.8 Å². The molecule has 25 heavy (non-hydrogen) atoms. The van der Waals surface area contributed by atoms with E-state index in [2.05, 4.69) is 19.8 Å². The van der Waals surface area contributed by atoms with Crippen LogP contribution >= 0.6 is 11.3 Å². The monoisotopic (exact) mass is 360 g/mol. The van der Waals surface area contributed by atoms with Crippen molar-refractivity contribution in [1.29, 1.82) is 0 Å².